The highest BCUT2D eigenvalue weighted by molar-refractivity contribution is 7.80. The van der Waals surface area contributed by atoms with Crippen molar-refractivity contribution >= 4 is 18.5 Å². The molecule has 2 aromatic rings. The van der Waals surface area contributed by atoms with Crippen LogP contribution in [0.5, 0.6) is 5.75 Å². The van der Waals surface area contributed by atoms with Gasteiger partial charge in [-0.2, -0.15) is 12.6 Å². The molecule has 1 aliphatic rings. The van der Waals surface area contributed by atoms with Crippen LogP contribution >= 0.6 is 12.6 Å². The van der Waals surface area contributed by atoms with Gasteiger partial charge in [-0.15, -0.1) is 0 Å². The number of carbonyl (C=O) groups is 1. The molecule has 1 aromatic heterocycles. The standard InChI is InChI=1S/C20H28N4O2S/c1-13(2)10-17-19-22-16(14-6-4-5-7-18(14)26-3)11-23(19)8-9-24(17)20(25)15(21)12-27/h4-7,11,13,15,17,27H,8-10,12,21H2,1-3H3/t15-,17+/m1/s1. The third kappa shape index (κ3) is 3.99. The highest BCUT2D eigenvalue weighted by atomic mass is 32.1. The number of carbonyl (C=O) groups excluding carboxylic acids is 1. The summed E-state index contributed by atoms with van der Waals surface area (Å²) in [5, 5.41) is 0. The van der Waals surface area contributed by atoms with Crippen LogP contribution in [0.2, 0.25) is 0 Å². The normalized spacial score (nSPS) is 17.7. The summed E-state index contributed by atoms with van der Waals surface area (Å²) in [6.07, 6.45) is 2.90. The number of imidazole rings is 1. The van der Waals surface area contributed by atoms with E-state index in [0.29, 0.717) is 24.8 Å². The van der Waals surface area contributed by atoms with Crippen molar-refractivity contribution in [2.24, 2.45) is 11.7 Å². The van der Waals surface area contributed by atoms with E-state index in [2.05, 4.69) is 37.2 Å². The third-order valence-corrected chi connectivity index (χ3v) is 5.33. The topological polar surface area (TPSA) is 73.4 Å². The fraction of sp³-hybridized carbons (Fsp3) is 0.500. The molecule has 0 aliphatic carbocycles. The Morgan fingerprint density at radius 1 is 1.37 bits per heavy atom. The first-order valence-electron chi connectivity index (χ1n) is 9.33. The minimum Gasteiger partial charge on any atom is -0.496 e. The summed E-state index contributed by atoms with van der Waals surface area (Å²) in [5.41, 5.74) is 7.80. The first kappa shape index (κ1) is 19.8. The Kier molecular flexibility index (Phi) is 6.11. The zero-order valence-electron chi connectivity index (χ0n) is 16.1. The van der Waals surface area contributed by atoms with Crippen molar-refractivity contribution in [1.82, 2.24) is 14.5 Å². The first-order valence-corrected chi connectivity index (χ1v) is 9.96. The monoisotopic (exact) mass is 388 g/mol. The Hall–Kier alpha value is -1.99. The summed E-state index contributed by atoms with van der Waals surface area (Å²) in [6.45, 7) is 5.65. The fourth-order valence-electron chi connectivity index (χ4n) is 3.61. The second-order valence-corrected chi connectivity index (χ2v) is 7.71. The lowest BCUT2D eigenvalue weighted by Crippen LogP contribution is -2.50. The van der Waals surface area contributed by atoms with Crippen LogP contribution in [0.15, 0.2) is 30.5 Å². The molecule has 1 aliphatic heterocycles. The van der Waals surface area contributed by atoms with Gasteiger partial charge in [0, 0.05) is 30.6 Å². The van der Waals surface area contributed by atoms with Gasteiger partial charge in [0.1, 0.15) is 11.6 Å². The molecule has 0 bridgehead atoms. The molecule has 7 heteroatoms. The number of rotatable bonds is 6. The van der Waals surface area contributed by atoms with Crippen LogP contribution in [0.3, 0.4) is 0 Å². The van der Waals surface area contributed by atoms with Crippen LogP contribution in [0.25, 0.3) is 11.3 Å². The van der Waals surface area contributed by atoms with Crippen molar-refractivity contribution in [2.45, 2.75) is 38.9 Å². The van der Waals surface area contributed by atoms with E-state index in [1.54, 1.807) is 7.11 Å². The van der Waals surface area contributed by atoms with E-state index in [0.717, 1.165) is 29.3 Å². The number of benzene rings is 1. The molecule has 2 atom stereocenters. The van der Waals surface area contributed by atoms with Gasteiger partial charge in [-0.1, -0.05) is 26.0 Å². The molecule has 0 saturated heterocycles. The van der Waals surface area contributed by atoms with Gasteiger partial charge in [-0.3, -0.25) is 4.79 Å². The summed E-state index contributed by atoms with van der Waals surface area (Å²) < 4.78 is 7.65. The van der Waals surface area contributed by atoms with Crippen LogP contribution in [-0.4, -0.2) is 45.8 Å². The summed E-state index contributed by atoms with van der Waals surface area (Å²) in [4.78, 5) is 19.6. The van der Waals surface area contributed by atoms with E-state index in [-0.39, 0.29) is 11.9 Å². The van der Waals surface area contributed by atoms with Crippen LogP contribution in [-0.2, 0) is 11.3 Å². The molecule has 0 spiro atoms. The number of aromatic nitrogens is 2. The maximum Gasteiger partial charge on any atom is 0.241 e. The lowest BCUT2D eigenvalue weighted by Gasteiger charge is -2.38. The summed E-state index contributed by atoms with van der Waals surface area (Å²) in [6, 6.07) is 7.19. The minimum absolute atomic E-state index is 0.0521. The van der Waals surface area contributed by atoms with E-state index >= 15 is 0 Å². The number of fused-ring (bicyclic) bond motifs is 1. The van der Waals surface area contributed by atoms with E-state index in [1.807, 2.05) is 29.2 Å². The number of hydrogen-bond acceptors (Lipinski definition) is 5. The quantitative estimate of drug-likeness (QED) is 0.747. The predicted molar refractivity (Wildman–Crippen MR) is 110 cm³/mol. The molecule has 0 saturated carbocycles. The Bertz CT molecular complexity index is 805. The van der Waals surface area contributed by atoms with Gasteiger partial charge in [0.15, 0.2) is 0 Å². The zero-order valence-corrected chi connectivity index (χ0v) is 17.0. The minimum atomic E-state index is -0.585. The largest absolute Gasteiger partial charge is 0.496 e. The van der Waals surface area contributed by atoms with Crippen LogP contribution in [0, 0.1) is 5.92 Å². The molecule has 0 fully saturated rings. The number of para-hydroxylation sites is 1. The molecule has 146 valence electrons. The Balaban J connectivity index is 2.00. The van der Waals surface area contributed by atoms with E-state index < -0.39 is 6.04 Å². The van der Waals surface area contributed by atoms with Gasteiger partial charge in [0.05, 0.1) is 24.9 Å². The molecule has 6 nitrogen and oxygen atoms in total. The summed E-state index contributed by atoms with van der Waals surface area (Å²) >= 11 is 4.20. The number of ether oxygens (including phenoxy) is 1. The van der Waals surface area contributed by atoms with Gasteiger partial charge in [-0.05, 0) is 24.5 Å². The van der Waals surface area contributed by atoms with Gasteiger partial charge in [0.25, 0.3) is 0 Å². The number of nitrogens with two attached hydrogens (primary N) is 1. The second-order valence-electron chi connectivity index (χ2n) is 7.34. The molecule has 1 aromatic carbocycles. The average Bonchev–Trinajstić information content (AvgIpc) is 3.11. The van der Waals surface area contributed by atoms with Crippen molar-refractivity contribution in [2.75, 3.05) is 19.4 Å². The van der Waals surface area contributed by atoms with Crippen LogP contribution in [0.4, 0.5) is 0 Å². The van der Waals surface area contributed by atoms with Gasteiger partial charge in [0.2, 0.25) is 5.91 Å². The highest BCUT2D eigenvalue weighted by Crippen LogP contribution is 2.35. The molecule has 3 rings (SSSR count). The third-order valence-electron chi connectivity index (χ3n) is 4.94. The molecule has 27 heavy (non-hydrogen) atoms. The predicted octanol–water partition coefficient (Wildman–Crippen LogP) is 2.75. The number of nitrogens with zero attached hydrogens (tertiary/aromatic N) is 3. The molecule has 1 amide bonds. The number of hydrogen-bond donors (Lipinski definition) is 2. The molecule has 2 heterocycles. The van der Waals surface area contributed by atoms with E-state index in [4.69, 9.17) is 15.5 Å². The smallest absolute Gasteiger partial charge is 0.241 e. The molecular weight excluding hydrogens is 360 g/mol. The SMILES string of the molecule is COc1ccccc1-c1cn2c(n1)[C@H](CC(C)C)N(C(=O)[C@H](N)CS)CC2. The lowest BCUT2D eigenvalue weighted by molar-refractivity contribution is -0.136. The van der Waals surface area contributed by atoms with Crippen LogP contribution in [0.1, 0.15) is 32.1 Å². The van der Waals surface area contributed by atoms with Crippen molar-refractivity contribution in [3.63, 3.8) is 0 Å². The molecule has 0 radical (unpaired) electrons. The van der Waals surface area contributed by atoms with Crippen LogP contribution < -0.4 is 10.5 Å². The Labute approximate surface area is 166 Å². The van der Waals surface area contributed by atoms with Gasteiger partial charge >= 0.3 is 0 Å². The molecule has 0 unspecified atom stereocenters. The number of methoxy groups -OCH3 is 1. The first-order chi connectivity index (χ1) is 13.0. The van der Waals surface area contributed by atoms with E-state index in [1.165, 1.54) is 0 Å². The average molecular weight is 389 g/mol. The molecule has 2 N–H and O–H groups in total. The maximum absolute atomic E-state index is 12.8. The Morgan fingerprint density at radius 3 is 2.78 bits per heavy atom. The number of thiol groups is 1. The lowest BCUT2D eigenvalue weighted by atomic mass is 9.99. The fourth-order valence-corrected chi connectivity index (χ4v) is 3.76. The Morgan fingerprint density at radius 2 is 2.11 bits per heavy atom. The van der Waals surface area contributed by atoms with Crippen molar-refractivity contribution in [1.29, 1.82) is 0 Å². The zero-order chi connectivity index (χ0) is 19.6. The van der Waals surface area contributed by atoms with Gasteiger partial charge in [-0.25, -0.2) is 4.98 Å². The van der Waals surface area contributed by atoms with Crippen molar-refractivity contribution in [3.8, 4) is 17.0 Å². The summed E-state index contributed by atoms with van der Waals surface area (Å²) in [5.74, 6) is 2.41. The maximum atomic E-state index is 12.8. The summed E-state index contributed by atoms with van der Waals surface area (Å²) in [7, 11) is 1.66. The van der Waals surface area contributed by atoms with Gasteiger partial charge < -0.3 is 19.9 Å². The van der Waals surface area contributed by atoms with E-state index in [9.17, 15) is 4.79 Å². The number of amides is 1. The molecular formula is C20H28N4O2S. The van der Waals surface area contributed by atoms with Crippen molar-refractivity contribution < 1.29 is 9.53 Å². The van der Waals surface area contributed by atoms with Crippen molar-refractivity contribution in [3.05, 3.63) is 36.3 Å². The highest BCUT2D eigenvalue weighted by Gasteiger charge is 2.35. The second kappa shape index (κ2) is 8.35.